The van der Waals surface area contributed by atoms with Gasteiger partial charge in [0.1, 0.15) is 0 Å². The van der Waals surface area contributed by atoms with Gasteiger partial charge in [0.05, 0.1) is 6.10 Å². The first-order valence-corrected chi connectivity index (χ1v) is 5.00. The number of ether oxygens (including phenoxy) is 1. The SMILES string of the molecule is CCOC(CN)CN1CCN(C)C1=O. The number of hydrogen-bond donors (Lipinski definition) is 1. The normalized spacial score (nSPS) is 19.2. The van der Waals surface area contributed by atoms with Crippen molar-refractivity contribution in [3.05, 3.63) is 0 Å². The zero-order chi connectivity index (χ0) is 10.6. The summed E-state index contributed by atoms with van der Waals surface area (Å²) in [6.45, 7) is 5.20. The molecule has 0 bridgehead atoms. The quantitative estimate of drug-likeness (QED) is 0.665. The van der Waals surface area contributed by atoms with Gasteiger partial charge in [-0.05, 0) is 6.92 Å². The van der Waals surface area contributed by atoms with Crippen molar-refractivity contribution < 1.29 is 9.53 Å². The first-order valence-electron chi connectivity index (χ1n) is 5.00. The van der Waals surface area contributed by atoms with Crippen molar-refractivity contribution in [1.29, 1.82) is 0 Å². The van der Waals surface area contributed by atoms with Gasteiger partial charge in [0, 0.05) is 39.8 Å². The van der Waals surface area contributed by atoms with Crippen molar-refractivity contribution in [3.8, 4) is 0 Å². The first-order chi connectivity index (χ1) is 6.69. The van der Waals surface area contributed by atoms with E-state index in [0.29, 0.717) is 19.7 Å². The number of nitrogens with two attached hydrogens (primary N) is 1. The molecule has 1 rings (SSSR count). The van der Waals surface area contributed by atoms with Crippen molar-refractivity contribution in [1.82, 2.24) is 9.80 Å². The van der Waals surface area contributed by atoms with Gasteiger partial charge in [-0.15, -0.1) is 0 Å². The Balaban J connectivity index is 2.39. The van der Waals surface area contributed by atoms with E-state index in [2.05, 4.69) is 0 Å². The molecule has 1 fully saturated rings. The molecule has 0 radical (unpaired) electrons. The smallest absolute Gasteiger partial charge is 0.319 e. The van der Waals surface area contributed by atoms with E-state index in [1.807, 2.05) is 6.92 Å². The van der Waals surface area contributed by atoms with Crippen LogP contribution in [0.25, 0.3) is 0 Å². The zero-order valence-corrected chi connectivity index (χ0v) is 8.90. The molecule has 5 heteroatoms. The maximum Gasteiger partial charge on any atom is 0.319 e. The van der Waals surface area contributed by atoms with Crippen molar-refractivity contribution in [3.63, 3.8) is 0 Å². The van der Waals surface area contributed by atoms with E-state index in [9.17, 15) is 4.79 Å². The molecule has 1 aliphatic heterocycles. The topological polar surface area (TPSA) is 58.8 Å². The molecular weight excluding hydrogens is 182 g/mol. The van der Waals surface area contributed by atoms with Crippen LogP contribution in [0, 0.1) is 0 Å². The van der Waals surface area contributed by atoms with Crippen LogP contribution in [0.15, 0.2) is 0 Å². The Morgan fingerprint density at radius 1 is 1.57 bits per heavy atom. The molecular formula is C9H19N3O2. The Hall–Kier alpha value is -0.810. The van der Waals surface area contributed by atoms with E-state index >= 15 is 0 Å². The maximum atomic E-state index is 11.5. The molecule has 1 aliphatic rings. The summed E-state index contributed by atoms with van der Waals surface area (Å²) in [5.74, 6) is 0. The van der Waals surface area contributed by atoms with Gasteiger partial charge < -0.3 is 20.3 Å². The lowest BCUT2D eigenvalue weighted by Gasteiger charge is -2.22. The average molecular weight is 201 g/mol. The lowest BCUT2D eigenvalue weighted by atomic mass is 10.3. The number of carbonyl (C=O) groups is 1. The fourth-order valence-corrected chi connectivity index (χ4v) is 1.55. The fraction of sp³-hybridized carbons (Fsp3) is 0.889. The Labute approximate surface area is 84.8 Å². The van der Waals surface area contributed by atoms with Gasteiger partial charge in [0.15, 0.2) is 0 Å². The Bertz CT molecular complexity index is 198. The van der Waals surface area contributed by atoms with E-state index in [4.69, 9.17) is 10.5 Å². The highest BCUT2D eigenvalue weighted by Gasteiger charge is 2.27. The van der Waals surface area contributed by atoms with Crippen LogP contribution in [0.5, 0.6) is 0 Å². The van der Waals surface area contributed by atoms with Gasteiger partial charge in [-0.25, -0.2) is 4.79 Å². The number of hydrogen-bond acceptors (Lipinski definition) is 3. The minimum absolute atomic E-state index is 0.0320. The summed E-state index contributed by atoms with van der Waals surface area (Å²) in [5, 5.41) is 0. The van der Waals surface area contributed by atoms with Crippen LogP contribution in [0.1, 0.15) is 6.92 Å². The molecule has 0 aromatic carbocycles. The monoisotopic (exact) mass is 201 g/mol. The Kier molecular flexibility index (Phi) is 4.16. The summed E-state index contributed by atoms with van der Waals surface area (Å²) in [7, 11) is 1.81. The van der Waals surface area contributed by atoms with Crippen LogP contribution in [0.2, 0.25) is 0 Å². The second kappa shape index (κ2) is 5.17. The third kappa shape index (κ3) is 2.59. The fourth-order valence-electron chi connectivity index (χ4n) is 1.55. The number of likely N-dealkylation sites (N-methyl/N-ethyl adjacent to an activating group) is 1. The molecule has 1 heterocycles. The zero-order valence-electron chi connectivity index (χ0n) is 8.90. The predicted octanol–water partition coefficient (Wildman–Crippen LogP) is -0.282. The number of nitrogens with zero attached hydrogens (tertiary/aromatic N) is 2. The standard InChI is InChI=1S/C9H19N3O2/c1-3-14-8(6-10)7-12-5-4-11(2)9(12)13/h8H,3-7,10H2,1-2H3. The number of carbonyl (C=O) groups excluding carboxylic acids is 1. The first kappa shape index (κ1) is 11.3. The van der Waals surface area contributed by atoms with E-state index in [1.54, 1.807) is 16.8 Å². The van der Waals surface area contributed by atoms with Crippen LogP contribution >= 0.6 is 0 Å². The van der Waals surface area contributed by atoms with Crippen molar-refractivity contribution in [2.24, 2.45) is 5.73 Å². The average Bonchev–Trinajstić information content (AvgIpc) is 2.49. The molecule has 0 aliphatic carbocycles. The second-order valence-corrected chi connectivity index (χ2v) is 3.46. The summed E-state index contributed by atoms with van der Waals surface area (Å²) in [6, 6.07) is 0.0724. The van der Waals surface area contributed by atoms with Gasteiger partial charge in [0.25, 0.3) is 0 Å². The number of rotatable bonds is 5. The molecule has 82 valence electrons. The molecule has 0 spiro atoms. The minimum atomic E-state index is -0.0320. The van der Waals surface area contributed by atoms with Crippen LogP contribution in [0.4, 0.5) is 4.79 Å². The van der Waals surface area contributed by atoms with Crippen molar-refractivity contribution in [2.45, 2.75) is 13.0 Å². The molecule has 14 heavy (non-hydrogen) atoms. The molecule has 1 atom stereocenters. The van der Waals surface area contributed by atoms with E-state index in [0.717, 1.165) is 13.1 Å². The predicted molar refractivity (Wildman–Crippen MR) is 54.1 cm³/mol. The van der Waals surface area contributed by atoms with Crippen LogP contribution < -0.4 is 5.73 Å². The summed E-state index contributed by atoms with van der Waals surface area (Å²) in [4.78, 5) is 15.0. The summed E-state index contributed by atoms with van der Waals surface area (Å²) >= 11 is 0. The third-order valence-corrected chi connectivity index (χ3v) is 2.39. The molecule has 0 aromatic heterocycles. The molecule has 1 saturated heterocycles. The van der Waals surface area contributed by atoms with E-state index in [-0.39, 0.29) is 12.1 Å². The molecule has 1 unspecified atom stereocenters. The number of amides is 2. The highest BCUT2D eigenvalue weighted by Crippen LogP contribution is 2.07. The molecule has 5 nitrogen and oxygen atoms in total. The second-order valence-electron chi connectivity index (χ2n) is 3.46. The highest BCUT2D eigenvalue weighted by atomic mass is 16.5. The van der Waals surface area contributed by atoms with Gasteiger partial charge >= 0.3 is 6.03 Å². The third-order valence-electron chi connectivity index (χ3n) is 2.39. The summed E-state index contributed by atoms with van der Waals surface area (Å²) in [5.41, 5.74) is 5.54. The van der Waals surface area contributed by atoms with E-state index in [1.165, 1.54) is 0 Å². The Morgan fingerprint density at radius 2 is 2.29 bits per heavy atom. The molecule has 2 N–H and O–H groups in total. The maximum absolute atomic E-state index is 11.5. The molecule has 0 saturated carbocycles. The van der Waals surface area contributed by atoms with Crippen LogP contribution in [-0.4, -0.2) is 61.8 Å². The lowest BCUT2D eigenvalue weighted by Crippen LogP contribution is -2.40. The largest absolute Gasteiger partial charge is 0.375 e. The van der Waals surface area contributed by atoms with Gasteiger partial charge in [0.2, 0.25) is 0 Å². The van der Waals surface area contributed by atoms with Crippen LogP contribution in [-0.2, 0) is 4.74 Å². The molecule has 0 aromatic rings. The van der Waals surface area contributed by atoms with E-state index < -0.39 is 0 Å². The number of urea groups is 1. The summed E-state index contributed by atoms with van der Waals surface area (Å²) < 4.78 is 5.40. The summed E-state index contributed by atoms with van der Waals surface area (Å²) in [6.07, 6.45) is -0.0320. The molecule has 2 amide bonds. The van der Waals surface area contributed by atoms with Gasteiger partial charge in [-0.3, -0.25) is 0 Å². The van der Waals surface area contributed by atoms with Crippen molar-refractivity contribution in [2.75, 3.05) is 39.8 Å². The van der Waals surface area contributed by atoms with Crippen molar-refractivity contribution >= 4 is 6.03 Å². The lowest BCUT2D eigenvalue weighted by molar-refractivity contribution is 0.0502. The van der Waals surface area contributed by atoms with Gasteiger partial charge in [-0.1, -0.05) is 0 Å². The Morgan fingerprint density at radius 3 is 2.71 bits per heavy atom. The highest BCUT2D eigenvalue weighted by molar-refractivity contribution is 5.76. The van der Waals surface area contributed by atoms with Gasteiger partial charge in [-0.2, -0.15) is 0 Å². The minimum Gasteiger partial charge on any atom is -0.375 e. The van der Waals surface area contributed by atoms with Crippen LogP contribution in [0.3, 0.4) is 0 Å².